The standard InChI is InChI=1S/C15H21F2NOS/c1-10(2)4-5-11(3)18-14(19)12-6-8-13(9-7-12)20-15(16)17/h6-11,15H,4-5H2,1-3H3,(H,18,19). The highest BCUT2D eigenvalue weighted by Crippen LogP contribution is 2.25. The Balaban J connectivity index is 2.50. The van der Waals surface area contributed by atoms with Gasteiger partial charge in [0.25, 0.3) is 11.7 Å². The molecule has 1 amide bonds. The van der Waals surface area contributed by atoms with Crippen LogP contribution in [0, 0.1) is 5.92 Å². The maximum atomic E-state index is 12.2. The minimum absolute atomic E-state index is 0.111. The molecule has 0 heterocycles. The molecule has 1 N–H and O–H groups in total. The third-order valence-corrected chi connectivity index (χ3v) is 3.62. The quantitative estimate of drug-likeness (QED) is 0.748. The van der Waals surface area contributed by atoms with E-state index in [1.165, 1.54) is 0 Å². The van der Waals surface area contributed by atoms with E-state index in [9.17, 15) is 13.6 Å². The van der Waals surface area contributed by atoms with Crippen LogP contribution < -0.4 is 5.32 Å². The summed E-state index contributed by atoms with van der Waals surface area (Å²) in [5, 5.41) is 2.92. The largest absolute Gasteiger partial charge is 0.350 e. The van der Waals surface area contributed by atoms with Crippen molar-refractivity contribution in [3.63, 3.8) is 0 Å². The SMILES string of the molecule is CC(C)CCC(C)NC(=O)c1ccc(SC(F)F)cc1. The van der Waals surface area contributed by atoms with E-state index in [1.807, 2.05) is 6.92 Å². The van der Waals surface area contributed by atoms with Crippen LogP contribution in [0.5, 0.6) is 0 Å². The molecule has 0 aliphatic heterocycles. The summed E-state index contributed by atoms with van der Waals surface area (Å²) >= 11 is 0.479. The molecule has 1 unspecified atom stereocenters. The van der Waals surface area contributed by atoms with Crippen LogP contribution in [0.1, 0.15) is 44.0 Å². The van der Waals surface area contributed by atoms with Gasteiger partial charge in [0, 0.05) is 16.5 Å². The lowest BCUT2D eigenvalue weighted by Gasteiger charge is -2.15. The number of hydrogen-bond acceptors (Lipinski definition) is 2. The van der Waals surface area contributed by atoms with E-state index in [1.54, 1.807) is 24.3 Å². The van der Waals surface area contributed by atoms with E-state index in [4.69, 9.17) is 0 Å². The summed E-state index contributed by atoms with van der Waals surface area (Å²) in [4.78, 5) is 12.4. The summed E-state index contributed by atoms with van der Waals surface area (Å²) in [7, 11) is 0. The van der Waals surface area contributed by atoms with Crippen LogP contribution in [0.15, 0.2) is 29.2 Å². The van der Waals surface area contributed by atoms with Gasteiger partial charge in [-0.25, -0.2) is 0 Å². The second-order valence-electron chi connectivity index (χ2n) is 5.25. The van der Waals surface area contributed by atoms with E-state index in [0.717, 1.165) is 12.8 Å². The number of benzene rings is 1. The number of nitrogens with one attached hydrogen (secondary N) is 1. The van der Waals surface area contributed by atoms with Crippen LogP contribution in [0.25, 0.3) is 0 Å². The van der Waals surface area contributed by atoms with E-state index in [0.29, 0.717) is 28.1 Å². The molecule has 1 aromatic carbocycles. The van der Waals surface area contributed by atoms with Gasteiger partial charge in [-0.2, -0.15) is 8.78 Å². The maximum absolute atomic E-state index is 12.2. The summed E-state index contributed by atoms with van der Waals surface area (Å²) in [5.74, 6) is -1.99. The van der Waals surface area contributed by atoms with Crippen molar-refractivity contribution in [2.24, 2.45) is 5.92 Å². The molecule has 0 radical (unpaired) electrons. The number of carbonyl (C=O) groups excluding carboxylic acids is 1. The molecule has 2 nitrogen and oxygen atoms in total. The minimum atomic E-state index is -2.44. The molecule has 1 rings (SSSR count). The molecule has 112 valence electrons. The predicted molar refractivity (Wildman–Crippen MR) is 79.3 cm³/mol. The Labute approximate surface area is 123 Å². The molecule has 0 spiro atoms. The molecule has 0 bridgehead atoms. The van der Waals surface area contributed by atoms with E-state index in [2.05, 4.69) is 19.2 Å². The van der Waals surface area contributed by atoms with Crippen molar-refractivity contribution in [1.29, 1.82) is 0 Å². The molecule has 0 aliphatic rings. The van der Waals surface area contributed by atoms with Crippen LogP contribution in [-0.2, 0) is 0 Å². The number of carbonyl (C=O) groups is 1. The Morgan fingerprint density at radius 3 is 2.25 bits per heavy atom. The van der Waals surface area contributed by atoms with Crippen molar-refractivity contribution >= 4 is 17.7 Å². The van der Waals surface area contributed by atoms with Crippen LogP contribution in [0.2, 0.25) is 0 Å². The van der Waals surface area contributed by atoms with Crippen molar-refractivity contribution in [1.82, 2.24) is 5.32 Å². The lowest BCUT2D eigenvalue weighted by atomic mass is 10.0. The molecule has 0 saturated heterocycles. The first kappa shape index (κ1) is 17.0. The van der Waals surface area contributed by atoms with Gasteiger partial charge in [0.1, 0.15) is 0 Å². The van der Waals surface area contributed by atoms with Gasteiger partial charge < -0.3 is 5.32 Å². The van der Waals surface area contributed by atoms with Crippen molar-refractivity contribution < 1.29 is 13.6 Å². The molecule has 0 aromatic heterocycles. The molecule has 0 fully saturated rings. The summed E-state index contributed by atoms with van der Waals surface area (Å²) in [6.45, 7) is 6.27. The number of hydrogen-bond donors (Lipinski definition) is 1. The molecule has 20 heavy (non-hydrogen) atoms. The van der Waals surface area contributed by atoms with Gasteiger partial charge in [-0.3, -0.25) is 4.79 Å². The molecular weight excluding hydrogens is 280 g/mol. The van der Waals surface area contributed by atoms with Crippen molar-refractivity contribution in [3.8, 4) is 0 Å². The zero-order valence-corrected chi connectivity index (χ0v) is 12.8. The zero-order chi connectivity index (χ0) is 15.1. The van der Waals surface area contributed by atoms with Gasteiger partial charge in [0.05, 0.1) is 0 Å². The molecule has 0 aliphatic carbocycles. The lowest BCUT2D eigenvalue weighted by Crippen LogP contribution is -2.32. The van der Waals surface area contributed by atoms with E-state index < -0.39 is 5.76 Å². The predicted octanol–water partition coefficient (Wildman–Crippen LogP) is 4.56. The lowest BCUT2D eigenvalue weighted by molar-refractivity contribution is 0.0937. The number of rotatable bonds is 7. The molecule has 1 aromatic rings. The number of amides is 1. The van der Waals surface area contributed by atoms with Gasteiger partial charge in [0.2, 0.25) is 0 Å². The van der Waals surface area contributed by atoms with Crippen LogP contribution in [0.4, 0.5) is 8.78 Å². The van der Waals surface area contributed by atoms with Crippen molar-refractivity contribution in [2.45, 2.75) is 50.3 Å². The maximum Gasteiger partial charge on any atom is 0.288 e. The van der Waals surface area contributed by atoms with Gasteiger partial charge in [0.15, 0.2) is 0 Å². The first-order valence-corrected chi connectivity index (χ1v) is 7.62. The monoisotopic (exact) mass is 301 g/mol. The third kappa shape index (κ3) is 6.37. The highest BCUT2D eigenvalue weighted by Gasteiger charge is 2.11. The van der Waals surface area contributed by atoms with Gasteiger partial charge in [-0.15, -0.1) is 0 Å². The fourth-order valence-corrected chi connectivity index (χ4v) is 2.25. The van der Waals surface area contributed by atoms with Crippen LogP contribution in [-0.4, -0.2) is 17.7 Å². The minimum Gasteiger partial charge on any atom is -0.350 e. The third-order valence-electron chi connectivity index (χ3n) is 2.90. The first-order valence-electron chi connectivity index (χ1n) is 6.74. The molecular formula is C15H21F2NOS. The molecule has 5 heteroatoms. The topological polar surface area (TPSA) is 29.1 Å². The fraction of sp³-hybridized carbons (Fsp3) is 0.533. The van der Waals surface area contributed by atoms with Gasteiger partial charge >= 0.3 is 0 Å². The second kappa shape index (κ2) is 8.25. The van der Waals surface area contributed by atoms with E-state index >= 15 is 0 Å². The second-order valence-corrected chi connectivity index (χ2v) is 6.31. The summed E-state index contributed by atoms with van der Waals surface area (Å²) in [6.07, 6.45) is 1.99. The first-order chi connectivity index (χ1) is 9.38. The normalized spacial score (nSPS) is 12.8. The van der Waals surface area contributed by atoms with Crippen molar-refractivity contribution in [3.05, 3.63) is 29.8 Å². The Morgan fingerprint density at radius 1 is 1.15 bits per heavy atom. The number of alkyl halides is 2. The van der Waals surface area contributed by atoms with Crippen LogP contribution >= 0.6 is 11.8 Å². The highest BCUT2D eigenvalue weighted by atomic mass is 32.2. The summed E-state index contributed by atoms with van der Waals surface area (Å²) < 4.78 is 24.4. The Kier molecular flexibility index (Phi) is 6.99. The molecule has 0 saturated carbocycles. The summed E-state index contributed by atoms with van der Waals surface area (Å²) in [5.41, 5.74) is 0.500. The fourth-order valence-electron chi connectivity index (χ4n) is 1.75. The average Bonchev–Trinajstić information content (AvgIpc) is 2.36. The molecule has 1 atom stereocenters. The zero-order valence-electron chi connectivity index (χ0n) is 12.0. The summed E-state index contributed by atoms with van der Waals surface area (Å²) in [6, 6.07) is 6.36. The smallest absolute Gasteiger partial charge is 0.288 e. The van der Waals surface area contributed by atoms with Crippen molar-refractivity contribution in [2.75, 3.05) is 0 Å². The van der Waals surface area contributed by atoms with Crippen LogP contribution in [0.3, 0.4) is 0 Å². The van der Waals surface area contributed by atoms with Gasteiger partial charge in [-0.05, 0) is 49.9 Å². The Morgan fingerprint density at radius 2 is 1.75 bits per heavy atom. The van der Waals surface area contributed by atoms with E-state index in [-0.39, 0.29) is 11.9 Å². The number of thioether (sulfide) groups is 1. The Bertz CT molecular complexity index is 420. The number of halogens is 2. The average molecular weight is 301 g/mol. The Hall–Kier alpha value is -1.10. The van der Waals surface area contributed by atoms with Gasteiger partial charge in [-0.1, -0.05) is 25.6 Å². The highest BCUT2D eigenvalue weighted by molar-refractivity contribution is 7.99.